The SMILES string of the molecule is CN(CC(=O)N1CCc2ccccc21)Cc1ccc(Cl)nc1. The van der Waals surface area contributed by atoms with Crippen molar-refractivity contribution >= 4 is 23.2 Å². The van der Waals surface area contributed by atoms with Gasteiger partial charge >= 0.3 is 0 Å². The molecular formula is C17H18ClN3O. The second-order valence-corrected chi connectivity index (χ2v) is 5.97. The van der Waals surface area contributed by atoms with Gasteiger partial charge in [-0.3, -0.25) is 9.69 Å². The Bertz CT molecular complexity index is 672. The van der Waals surface area contributed by atoms with Crippen molar-refractivity contribution in [2.75, 3.05) is 25.0 Å². The van der Waals surface area contributed by atoms with Gasteiger partial charge in [-0.15, -0.1) is 0 Å². The normalized spacial score (nSPS) is 13.5. The van der Waals surface area contributed by atoms with Crippen LogP contribution in [-0.2, 0) is 17.8 Å². The van der Waals surface area contributed by atoms with E-state index in [0.29, 0.717) is 18.2 Å². The Morgan fingerprint density at radius 3 is 2.91 bits per heavy atom. The third kappa shape index (κ3) is 3.29. The molecule has 2 heterocycles. The monoisotopic (exact) mass is 315 g/mol. The molecule has 2 aromatic rings. The van der Waals surface area contributed by atoms with Crippen LogP contribution in [0.3, 0.4) is 0 Å². The fourth-order valence-corrected chi connectivity index (χ4v) is 2.89. The molecule has 5 heteroatoms. The van der Waals surface area contributed by atoms with Gasteiger partial charge in [0.15, 0.2) is 0 Å². The van der Waals surface area contributed by atoms with Crippen LogP contribution in [-0.4, -0.2) is 35.9 Å². The zero-order chi connectivity index (χ0) is 15.5. The number of likely N-dealkylation sites (N-methyl/N-ethyl adjacent to an activating group) is 1. The quantitative estimate of drug-likeness (QED) is 0.814. The van der Waals surface area contributed by atoms with Gasteiger partial charge in [0.2, 0.25) is 5.91 Å². The summed E-state index contributed by atoms with van der Waals surface area (Å²) in [7, 11) is 1.94. The number of hydrogen-bond donors (Lipinski definition) is 0. The number of carbonyl (C=O) groups is 1. The summed E-state index contributed by atoms with van der Waals surface area (Å²) >= 11 is 5.78. The van der Waals surface area contributed by atoms with Gasteiger partial charge in [-0.05, 0) is 36.7 Å². The summed E-state index contributed by atoms with van der Waals surface area (Å²) in [6.07, 6.45) is 2.68. The Morgan fingerprint density at radius 1 is 1.32 bits per heavy atom. The van der Waals surface area contributed by atoms with Crippen molar-refractivity contribution in [1.29, 1.82) is 0 Å². The molecule has 0 spiro atoms. The molecule has 3 rings (SSSR count). The van der Waals surface area contributed by atoms with E-state index in [-0.39, 0.29) is 5.91 Å². The van der Waals surface area contributed by atoms with Crippen molar-refractivity contribution in [3.05, 3.63) is 58.9 Å². The second-order valence-electron chi connectivity index (χ2n) is 5.59. The Hall–Kier alpha value is -1.91. The van der Waals surface area contributed by atoms with E-state index >= 15 is 0 Å². The molecule has 0 atom stereocenters. The summed E-state index contributed by atoms with van der Waals surface area (Å²) in [5.41, 5.74) is 3.34. The molecule has 0 N–H and O–H groups in total. The van der Waals surface area contributed by atoms with E-state index < -0.39 is 0 Å². The number of pyridine rings is 1. The molecule has 1 aromatic heterocycles. The first-order chi connectivity index (χ1) is 10.6. The van der Waals surface area contributed by atoms with Gasteiger partial charge in [-0.2, -0.15) is 0 Å². The fraction of sp³-hybridized carbons (Fsp3) is 0.294. The van der Waals surface area contributed by atoms with Gasteiger partial charge in [0.25, 0.3) is 0 Å². The highest BCUT2D eigenvalue weighted by atomic mass is 35.5. The minimum atomic E-state index is 0.134. The van der Waals surface area contributed by atoms with E-state index in [0.717, 1.165) is 24.2 Å². The van der Waals surface area contributed by atoms with E-state index in [2.05, 4.69) is 11.1 Å². The molecule has 0 aliphatic carbocycles. The number of halogens is 1. The van der Waals surface area contributed by atoms with Crippen LogP contribution in [0.5, 0.6) is 0 Å². The maximum atomic E-state index is 12.5. The smallest absolute Gasteiger partial charge is 0.241 e. The fourth-order valence-electron chi connectivity index (χ4n) is 2.78. The van der Waals surface area contributed by atoms with E-state index in [1.165, 1.54) is 5.56 Å². The van der Waals surface area contributed by atoms with Crippen molar-refractivity contribution in [3.63, 3.8) is 0 Å². The predicted molar refractivity (Wildman–Crippen MR) is 88.1 cm³/mol. The number of amides is 1. The summed E-state index contributed by atoms with van der Waals surface area (Å²) in [5.74, 6) is 0.134. The van der Waals surface area contributed by atoms with Gasteiger partial charge in [0.1, 0.15) is 5.15 Å². The highest BCUT2D eigenvalue weighted by Crippen LogP contribution is 2.27. The van der Waals surface area contributed by atoms with E-state index in [1.807, 2.05) is 41.1 Å². The molecule has 1 amide bonds. The zero-order valence-corrected chi connectivity index (χ0v) is 13.3. The topological polar surface area (TPSA) is 36.4 Å². The number of hydrogen-bond acceptors (Lipinski definition) is 3. The molecule has 0 saturated heterocycles. The minimum Gasteiger partial charge on any atom is -0.311 e. The molecule has 22 heavy (non-hydrogen) atoms. The van der Waals surface area contributed by atoms with Crippen LogP contribution in [0.1, 0.15) is 11.1 Å². The van der Waals surface area contributed by atoms with Crippen LogP contribution in [0.4, 0.5) is 5.69 Å². The number of carbonyl (C=O) groups excluding carboxylic acids is 1. The zero-order valence-electron chi connectivity index (χ0n) is 12.5. The third-order valence-corrected chi connectivity index (χ3v) is 4.06. The average molecular weight is 316 g/mol. The van der Waals surface area contributed by atoms with Crippen LogP contribution in [0, 0.1) is 0 Å². The molecule has 4 nitrogen and oxygen atoms in total. The van der Waals surface area contributed by atoms with Gasteiger partial charge in [-0.1, -0.05) is 35.9 Å². The predicted octanol–water partition coefficient (Wildman–Crippen LogP) is 2.76. The number of fused-ring (bicyclic) bond motifs is 1. The van der Waals surface area contributed by atoms with Crippen molar-refractivity contribution in [2.45, 2.75) is 13.0 Å². The Labute approximate surface area is 135 Å². The van der Waals surface area contributed by atoms with Crippen molar-refractivity contribution in [3.8, 4) is 0 Å². The maximum Gasteiger partial charge on any atom is 0.241 e. The number of benzene rings is 1. The number of aromatic nitrogens is 1. The summed E-state index contributed by atoms with van der Waals surface area (Å²) in [4.78, 5) is 20.4. The van der Waals surface area contributed by atoms with Gasteiger partial charge < -0.3 is 4.90 Å². The van der Waals surface area contributed by atoms with Crippen LogP contribution in [0.25, 0.3) is 0 Å². The van der Waals surface area contributed by atoms with Crippen molar-refractivity contribution in [2.24, 2.45) is 0 Å². The number of nitrogens with zero attached hydrogens (tertiary/aromatic N) is 3. The van der Waals surface area contributed by atoms with Crippen molar-refractivity contribution < 1.29 is 4.79 Å². The van der Waals surface area contributed by atoms with E-state index in [9.17, 15) is 4.79 Å². The molecule has 114 valence electrons. The first-order valence-corrected chi connectivity index (χ1v) is 7.68. The minimum absolute atomic E-state index is 0.134. The first kappa shape index (κ1) is 15.0. The first-order valence-electron chi connectivity index (χ1n) is 7.31. The lowest BCUT2D eigenvalue weighted by Crippen LogP contribution is -2.37. The van der Waals surface area contributed by atoms with E-state index in [1.54, 1.807) is 12.3 Å². The summed E-state index contributed by atoms with van der Waals surface area (Å²) in [5, 5.41) is 0.483. The van der Waals surface area contributed by atoms with Crippen LogP contribution in [0.15, 0.2) is 42.6 Å². The van der Waals surface area contributed by atoms with Crippen LogP contribution in [0.2, 0.25) is 5.15 Å². The van der Waals surface area contributed by atoms with Crippen LogP contribution < -0.4 is 4.90 Å². The molecule has 0 bridgehead atoms. The number of rotatable bonds is 4. The number of anilines is 1. The summed E-state index contributed by atoms with van der Waals surface area (Å²) in [6, 6.07) is 11.8. The molecule has 0 saturated carbocycles. The standard InChI is InChI=1S/C17H18ClN3O/c1-20(11-13-6-7-16(18)19-10-13)12-17(22)21-9-8-14-4-2-3-5-15(14)21/h2-7,10H,8-9,11-12H2,1H3. The molecule has 1 aliphatic heterocycles. The molecular weight excluding hydrogens is 298 g/mol. The van der Waals surface area contributed by atoms with Crippen LogP contribution >= 0.6 is 11.6 Å². The van der Waals surface area contributed by atoms with Crippen molar-refractivity contribution in [1.82, 2.24) is 9.88 Å². The Morgan fingerprint density at radius 2 is 2.14 bits per heavy atom. The summed E-state index contributed by atoms with van der Waals surface area (Å²) in [6.45, 7) is 1.83. The highest BCUT2D eigenvalue weighted by Gasteiger charge is 2.24. The van der Waals surface area contributed by atoms with Gasteiger partial charge in [0, 0.05) is 25.0 Å². The molecule has 0 fully saturated rings. The molecule has 1 aliphatic rings. The van der Waals surface area contributed by atoms with Gasteiger partial charge in [0.05, 0.1) is 6.54 Å². The summed E-state index contributed by atoms with van der Waals surface area (Å²) < 4.78 is 0. The third-order valence-electron chi connectivity index (χ3n) is 3.83. The average Bonchev–Trinajstić information content (AvgIpc) is 2.93. The lowest BCUT2D eigenvalue weighted by Gasteiger charge is -2.22. The lowest BCUT2D eigenvalue weighted by molar-refractivity contribution is -0.119. The second kappa shape index (κ2) is 6.46. The highest BCUT2D eigenvalue weighted by molar-refractivity contribution is 6.29. The van der Waals surface area contributed by atoms with Gasteiger partial charge in [-0.25, -0.2) is 4.98 Å². The van der Waals surface area contributed by atoms with E-state index in [4.69, 9.17) is 11.6 Å². The molecule has 0 unspecified atom stereocenters. The lowest BCUT2D eigenvalue weighted by atomic mass is 10.2. The molecule has 1 aromatic carbocycles. The maximum absolute atomic E-state index is 12.5. The Balaban J connectivity index is 1.61. The largest absolute Gasteiger partial charge is 0.311 e. The molecule has 0 radical (unpaired) electrons. The number of para-hydroxylation sites is 1. The Kier molecular flexibility index (Phi) is 4.41.